The molecule has 1 unspecified atom stereocenters. The van der Waals surface area contributed by atoms with E-state index >= 15 is 0 Å². The van der Waals surface area contributed by atoms with Crippen LogP contribution in [-0.4, -0.2) is 32.1 Å². The van der Waals surface area contributed by atoms with Gasteiger partial charge in [0.25, 0.3) is 0 Å². The van der Waals surface area contributed by atoms with E-state index in [9.17, 15) is 0 Å². The first-order valence-electron chi connectivity index (χ1n) is 11.1. The Hall–Kier alpha value is -2.90. The summed E-state index contributed by atoms with van der Waals surface area (Å²) in [4.78, 5) is 13.8. The highest BCUT2D eigenvalue weighted by Gasteiger charge is 2.16. The van der Waals surface area contributed by atoms with E-state index in [4.69, 9.17) is 22.3 Å². The molecule has 1 atom stereocenters. The highest BCUT2D eigenvalue weighted by molar-refractivity contribution is 6.30. The van der Waals surface area contributed by atoms with Gasteiger partial charge >= 0.3 is 0 Å². The molecule has 8 heteroatoms. The van der Waals surface area contributed by atoms with Gasteiger partial charge in [0.1, 0.15) is 17.8 Å². The van der Waals surface area contributed by atoms with Gasteiger partial charge in [-0.2, -0.15) is 4.98 Å². The Morgan fingerprint density at radius 3 is 2.84 bits per heavy atom. The topological polar surface area (TPSA) is 93.7 Å². The van der Waals surface area contributed by atoms with Gasteiger partial charge in [0.15, 0.2) is 0 Å². The van der Waals surface area contributed by atoms with Crippen LogP contribution >= 0.6 is 11.6 Å². The summed E-state index contributed by atoms with van der Waals surface area (Å²) in [5.74, 6) is 1.46. The number of nitrogens with two attached hydrogens (primary N) is 1. The Kier molecular flexibility index (Phi) is 7.07. The third-order valence-electron chi connectivity index (χ3n) is 5.85. The zero-order chi connectivity index (χ0) is 22.5. The molecule has 1 fully saturated rings. The van der Waals surface area contributed by atoms with Crippen molar-refractivity contribution in [3.05, 3.63) is 71.4 Å². The summed E-state index contributed by atoms with van der Waals surface area (Å²) in [6, 6.07) is 7.99. The van der Waals surface area contributed by atoms with Gasteiger partial charge in [-0.1, -0.05) is 49.6 Å². The molecule has 0 bridgehead atoms. The van der Waals surface area contributed by atoms with Crippen molar-refractivity contribution in [3.8, 4) is 5.82 Å². The molecule has 0 saturated heterocycles. The van der Waals surface area contributed by atoms with Gasteiger partial charge in [-0.25, -0.2) is 9.97 Å². The zero-order valence-electron chi connectivity index (χ0n) is 18.4. The third-order valence-corrected chi connectivity index (χ3v) is 6.09. The van der Waals surface area contributed by atoms with Crippen molar-refractivity contribution in [2.45, 2.75) is 51.1 Å². The van der Waals surface area contributed by atoms with E-state index in [0.29, 0.717) is 29.3 Å². The molecular weight excluding hydrogens is 422 g/mol. The van der Waals surface area contributed by atoms with Gasteiger partial charge in [0.05, 0.1) is 11.7 Å². The van der Waals surface area contributed by atoms with Crippen LogP contribution in [0.1, 0.15) is 55.0 Å². The number of anilines is 1. The Labute approximate surface area is 194 Å². The van der Waals surface area contributed by atoms with E-state index in [1.807, 2.05) is 48.1 Å². The second kappa shape index (κ2) is 10.1. The summed E-state index contributed by atoms with van der Waals surface area (Å²) in [6.07, 6.45) is 11.7. The quantitative estimate of drug-likeness (QED) is 0.462. The van der Waals surface area contributed by atoms with Gasteiger partial charge in [-0.3, -0.25) is 4.57 Å². The number of hydrogen-bond acceptors (Lipinski definition) is 6. The minimum Gasteiger partial charge on any atom is -0.376 e. The Morgan fingerprint density at radius 2 is 2.09 bits per heavy atom. The van der Waals surface area contributed by atoms with Crippen LogP contribution in [0.15, 0.2) is 49.6 Å². The highest BCUT2D eigenvalue weighted by Crippen LogP contribution is 2.23. The standard InChI is InChI=1S/C24H30ClN7/c1-16-13-27-24(30-20-9-4-3-5-10-20)31-23(16)32-14-22(28-15-32)17(2)29-21(12-26)18-7-6-8-19(25)11-18/h6-8,11,13-15,20-21,29H,2-5,9-10,12,26H2,1H3,(H,27,30,31). The largest absolute Gasteiger partial charge is 0.376 e. The first-order chi connectivity index (χ1) is 15.5. The van der Waals surface area contributed by atoms with Crippen molar-refractivity contribution in [2.75, 3.05) is 11.9 Å². The lowest BCUT2D eigenvalue weighted by molar-refractivity contribution is 0.460. The molecule has 0 radical (unpaired) electrons. The highest BCUT2D eigenvalue weighted by atomic mass is 35.5. The maximum atomic E-state index is 6.14. The van der Waals surface area contributed by atoms with E-state index < -0.39 is 0 Å². The predicted molar refractivity (Wildman–Crippen MR) is 130 cm³/mol. The van der Waals surface area contributed by atoms with Crippen LogP contribution in [0.3, 0.4) is 0 Å². The number of nitrogens with zero attached hydrogens (tertiary/aromatic N) is 4. The van der Waals surface area contributed by atoms with Crippen molar-refractivity contribution in [2.24, 2.45) is 5.73 Å². The van der Waals surface area contributed by atoms with Crippen molar-refractivity contribution in [3.63, 3.8) is 0 Å². The SMILES string of the molecule is C=C(NC(CN)c1cccc(Cl)c1)c1cn(-c2nc(NC3CCCCC3)ncc2C)cn1. The molecule has 2 aromatic heterocycles. The maximum absolute atomic E-state index is 6.14. The number of benzene rings is 1. The number of rotatable bonds is 8. The second-order valence-electron chi connectivity index (χ2n) is 8.31. The second-order valence-corrected chi connectivity index (χ2v) is 8.75. The first-order valence-corrected chi connectivity index (χ1v) is 11.5. The summed E-state index contributed by atoms with van der Waals surface area (Å²) in [7, 11) is 0. The van der Waals surface area contributed by atoms with Crippen LogP contribution < -0.4 is 16.4 Å². The summed E-state index contributed by atoms with van der Waals surface area (Å²) in [6.45, 7) is 6.56. The Bertz CT molecular complexity index is 1070. The van der Waals surface area contributed by atoms with E-state index in [2.05, 4.69) is 27.2 Å². The molecule has 0 amide bonds. The summed E-state index contributed by atoms with van der Waals surface area (Å²) >= 11 is 6.14. The maximum Gasteiger partial charge on any atom is 0.224 e. The zero-order valence-corrected chi connectivity index (χ0v) is 19.1. The molecule has 4 rings (SSSR count). The summed E-state index contributed by atoms with van der Waals surface area (Å²) < 4.78 is 1.90. The van der Waals surface area contributed by atoms with Gasteiger partial charge < -0.3 is 16.4 Å². The molecule has 0 aliphatic heterocycles. The Balaban J connectivity index is 1.49. The normalized spacial score (nSPS) is 15.3. The number of imidazole rings is 1. The van der Waals surface area contributed by atoms with Gasteiger partial charge in [0, 0.05) is 35.6 Å². The van der Waals surface area contributed by atoms with Crippen LogP contribution in [0.4, 0.5) is 5.95 Å². The van der Waals surface area contributed by atoms with Crippen LogP contribution in [-0.2, 0) is 0 Å². The number of hydrogen-bond donors (Lipinski definition) is 3. The van der Waals surface area contributed by atoms with Crippen molar-refractivity contribution in [1.82, 2.24) is 24.8 Å². The fourth-order valence-electron chi connectivity index (χ4n) is 4.07. The fraction of sp³-hybridized carbons (Fsp3) is 0.375. The van der Waals surface area contributed by atoms with Gasteiger partial charge in [-0.15, -0.1) is 0 Å². The molecular formula is C24H30ClN7. The molecule has 1 aromatic carbocycles. The lowest BCUT2D eigenvalue weighted by Crippen LogP contribution is -2.27. The summed E-state index contributed by atoms with van der Waals surface area (Å²) in [5, 5.41) is 7.54. The number of aryl methyl sites for hydroxylation is 1. The lowest BCUT2D eigenvalue weighted by atomic mass is 9.96. The van der Waals surface area contributed by atoms with Crippen molar-refractivity contribution >= 4 is 23.2 Å². The molecule has 2 heterocycles. The molecule has 1 aliphatic carbocycles. The van der Waals surface area contributed by atoms with Crippen LogP contribution in [0.5, 0.6) is 0 Å². The average Bonchev–Trinajstić information content (AvgIpc) is 3.29. The van der Waals surface area contributed by atoms with Gasteiger partial charge in [0.2, 0.25) is 5.95 Å². The summed E-state index contributed by atoms with van der Waals surface area (Å²) in [5.41, 5.74) is 9.39. The molecule has 1 aliphatic rings. The minimum atomic E-state index is -0.113. The van der Waals surface area contributed by atoms with Crippen LogP contribution in [0.2, 0.25) is 5.02 Å². The molecule has 4 N–H and O–H groups in total. The van der Waals surface area contributed by atoms with E-state index in [1.165, 1.54) is 32.1 Å². The lowest BCUT2D eigenvalue weighted by Gasteiger charge is -2.23. The number of nitrogens with one attached hydrogen (secondary N) is 2. The molecule has 7 nitrogen and oxygen atoms in total. The molecule has 168 valence electrons. The molecule has 1 saturated carbocycles. The fourth-order valence-corrected chi connectivity index (χ4v) is 4.27. The van der Waals surface area contributed by atoms with E-state index in [0.717, 1.165) is 22.6 Å². The molecule has 0 spiro atoms. The first kappa shape index (κ1) is 22.3. The number of halogens is 1. The third kappa shape index (κ3) is 5.29. The van der Waals surface area contributed by atoms with Gasteiger partial charge in [-0.05, 0) is 37.5 Å². The minimum absolute atomic E-state index is 0.113. The predicted octanol–water partition coefficient (Wildman–Crippen LogP) is 4.63. The average molecular weight is 452 g/mol. The smallest absolute Gasteiger partial charge is 0.224 e. The van der Waals surface area contributed by atoms with Crippen LogP contribution in [0.25, 0.3) is 11.5 Å². The molecule has 3 aromatic rings. The number of aromatic nitrogens is 4. The Morgan fingerprint density at radius 1 is 1.28 bits per heavy atom. The molecule has 32 heavy (non-hydrogen) atoms. The van der Waals surface area contributed by atoms with Crippen molar-refractivity contribution in [1.29, 1.82) is 0 Å². The van der Waals surface area contributed by atoms with Crippen LogP contribution in [0, 0.1) is 6.92 Å². The van der Waals surface area contributed by atoms with E-state index in [-0.39, 0.29) is 6.04 Å². The van der Waals surface area contributed by atoms with E-state index in [1.54, 1.807) is 6.33 Å². The van der Waals surface area contributed by atoms with Crippen molar-refractivity contribution < 1.29 is 0 Å². The monoisotopic (exact) mass is 451 g/mol.